The molecule has 0 aromatic heterocycles. The third-order valence-electron chi connectivity index (χ3n) is 4.16. The molecule has 1 aromatic carbocycles. The first kappa shape index (κ1) is 14.6. The molecule has 2 heteroatoms. The average molecular weight is 269 g/mol. The summed E-state index contributed by atoms with van der Waals surface area (Å²) in [5, 5.41) is 0. The van der Waals surface area contributed by atoms with Gasteiger partial charge in [0.15, 0.2) is 0 Å². The van der Waals surface area contributed by atoms with E-state index >= 15 is 0 Å². The summed E-state index contributed by atoms with van der Waals surface area (Å²) in [5.74, 6) is -0.381. The zero-order valence-electron chi connectivity index (χ0n) is 12.6. The Labute approximate surface area is 121 Å². The number of primary amides is 1. The predicted molar refractivity (Wildman–Crippen MR) is 84.3 cm³/mol. The lowest BCUT2D eigenvalue weighted by Crippen LogP contribution is -2.18. The SMILES string of the molecule is CC1=C(C=Cc2cccc(C(N)=O)c2)C(C)(C)CCC1. The van der Waals surface area contributed by atoms with Crippen LogP contribution in [0.5, 0.6) is 0 Å². The molecule has 0 heterocycles. The summed E-state index contributed by atoms with van der Waals surface area (Å²) >= 11 is 0. The van der Waals surface area contributed by atoms with Crippen LogP contribution in [-0.4, -0.2) is 5.91 Å². The van der Waals surface area contributed by atoms with E-state index in [1.807, 2.05) is 18.2 Å². The standard InChI is InChI=1S/C18H23NO/c1-13-6-5-11-18(2,3)16(13)10-9-14-7-4-8-15(12-14)17(19)20/h4,7-10,12H,5-6,11H2,1-3H3,(H2,19,20). The minimum Gasteiger partial charge on any atom is -0.366 e. The molecule has 0 spiro atoms. The zero-order chi connectivity index (χ0) is 14.8. The van der Waals surface area contributed by atoms with Crippen molar-refractivity contribution in [3.8, 4) is 0 Å². The summed E-state index contributed by atoms with van der Waals surface area (Å²) < 4.78 is 0. The van der Waals surface area contributed by atoms with Crippen molar-refractivity contribution in [2.75, 3.05) is 0 Å². The molecule has 0 fully saturated rings. The average Bonchev–Trinajstić information content (AvgIpc) is 2.37. The van der Waals surface area contributed by atoms with E-state index < -0.39 is 0 Å². The molecule has 0 unspecified atom stereocenters. The molecule has 0 atom stereocenters. The van der Waals surface area contributed by atoms with E-state index in [0.29, 0.717) is 5.56 Å². The molecule has 106 valence electrons. The molecular weight excluding hydrogens is 246 g/mol. The van der Waals surface area contributed by atoms with Crippen molar-refractivity contribution in [1.82, 2.24) is 0 Å². The molecule has 2 N–H and O–H groups in total. The van der Waals surface area contributed by atoms with Gasteiger partial charge in [-0.1, -0.05) is 43.7 Å². The number of allylic oxidation sites excluding steroid dienone is 3. The van der Waals surface area contributed by atoms with Crippen molar-refractivity contribution >= 4 is 12.0 Å². The minimum absolute atomic E-state index is 0.236. The number of hydrogen-bond acceptors (Lipinski definition) is 1. The van der Waals surface area contributed by atoms with Crippen LogP contribution in [0, 0.1) is 5.41 Å². The molecule has 0 radical (unpaired) electrons. The fourth-order valence-corrected chi connectivity index (χ4v) is 2.99. The summed E-state index contributed by atoms with van der Waals surface area (Å²) in [6, 6.07) is 7.45. The van der Waals surface area contributed by atoms with Crippen LogP contribution in [0.1, 0.15) is 56.0 Å². The molecule has 2 nitrogen and oxygen atoms in total. The second-order valence-electron chi connectivity index (χ2n) is 6.25. The molecule has 0 saturated carbocycles. The number of carbonyl (C=O) groups excluding carboxylic acids is 1. The highest BCUT2D eigenvalue weighted by atomic mass is 16.1. The maximum atomic E-state index is 11.2. The van der Waals surface area contributed by atoms with Crippen LogP contribution in [0.15, 0.2) is 41.5 Å². The van der Waals surface area contributed by atoms with Gasteiger partial charge in [0, 0.05) is 5.56 Å². The van der Waals surface area contributed by atoms with Gasteiger partial charge in [-0.3, -0.25) is 4.79 Å². The number of amides is 1. The van der Waals surface area contributed by atoms with Gasteiger partial charge in [0.2, 0.25) is 5.91 Å². The molecule has 1 aliphatic carbocycles. The van der Waals surface area contributed by atoms with Gasteiger partial charge in [0.05, 0.1) is 0 Å². The molecule has 1 aliphatic rings. The fourth-order valence-electron chi connectivity index (χ4n) is 2.99. The third-order valence-corrected chi connectivity index (χ3v) is 4.16. The van der Waals surface area contributed by atoms with Crippen LogP contribution in [0.2, 0.25) is 0 Å². The molecule has 0 aliphatic heterocycles. The van der Waals surface area contributed by atoms with E-state index in [2.05, 4.69) is 32.9 Å². The van der Waals surface area contributed by atoms with Gasteiger partial charge in [-0.05, 0) is 54.9 Å². The minimum atomic E-state index is -0.381. The van der Waals surface area contributed by atoms with E-state index in [9.17, 15) is 4.79 Å². The number of rotatable bonds is 3. The molecule has 0 bridgehead atoms. The van der Waals surface area contributed by atoms with Crippen LogP contribution in [0.3, 0.4) is 0 Å². The maximum Gasteiger partial charge on any atom is 0.248 e. The van der Waals surface area contributed by atoms with Crippen molar-refractivity contribution < 1.29 is 4.79 Å². The van der Waals surface area contributed by atoms with Crippen molar-refractivity contribution in [2.45, 2.75) is 40.0 Å². The van der Waals surface area contributed by atoms with Crippen LogP contribution in [-0.2, 0) is 0 Å². The maximum absolute atomic E-state index is 11.2. The van der Waals surface area contributed by atoms with E-state index in [0.717, 1.165) is 5.56 Å². The van der Waals surface area contributed by atoms with Gasteiger partial charge in [-0.2, -0.15) is 0 Å². The summed E-state index contributed by atoms with van der Waals surface area (Å²) in [6.07, 6.45) is 7.97. The van der Waals surface area contributed by atoms with Gasteiger partial charge in [0.25, 0.3) is 0 Å². The van der Waals surface area contributed by atoms with Crippen molar-refractivity contribution in [1.29, 1.82) is 0 Å². The lowest BCUT2D eigenvalue weighted by molar-refractivity contribution is 0.100. The summed E-state index contributed by atoms with van der Waals surface area (Å²) in [7, 11) is 0. The topological polar surface area (TPSA) is 43.1 Å². The first-order valence-corrected chi connectivity index (χ1v) is 7.18. The Bertz CT molecular complexity index is 579. The molecule has 1 aromatic rings. The molecule has 1 amide bonds. The fraction of sp³-hybridized carbons (Fsp3) is 0.389. The highest BCUT2D eigenvalue weighted by Crippen LogP contribution is 2.40. The van der Waals surface area contributed by atoms with Crippen LogP contribution in [0.4, 0.5) is 0 Å². The number of hydrogen-bond donors (Lipinski definition) is 1. The van der Waals surface area contributed by atoms with Gasteiger partial charge < -0.3 is 5.73 Å². The van der Waals surface area contributed by atoms with Crippen molar-refractivity contribution in [3.63, 3.8) is 0 Å². The van der Waals surface area contributed by atoms with Gasteiger partial charge in [-0.25, -0.2) is 0 Å². The highest BCUT2D eigenvalue weighted by molar-refractivity contribution is 5.93. The third kappa shape index (κ3) is 3.19. The first-order valence-electron chi connectivity index (χ1n) is 7.18. The Kier molecular flexibility index (Phi) is 4.12. The number of carbonyl (C=O) groups is 1. The molecule has 20 heavy (non-hydrogen) atoms. The molecular formula is C18H23NO. The highest BCUT2D eigenvalue weighted by Gasteiger charge is 2.26. The Morgan fingerprint density at radius 1 is 1.30 bits per heavy atom. The first-order chi connectivity index (χ1) is 9.40. The van der Waals surface area contributed by atoms with Gasteiger partial charge in [-0.15, -0.1) is 0 Å². The lowest BCUT2D eigenvalue weighted by atomic mass is 9.72. The van der Waals surface area contributed by atoms with E-state index in [1.165, 1.54) is 30.4 Å². The second-order valence-corrected chi connectivity index (χ2v) is 6.25. The Balaban J connectivity index is 2.29. The van der Waals surface area contributed by atoms with E-state index in [-0.39, 0.29) is 11.3 Å². The quantitative estimate of drug-likeness (QED) is 0.872. The van der Waals surface area contributed by atoms with E-state index in [1.54, 1.807) is 6.07 Å². The Hall–Kier alpha value is -1.83. The van der Waals surface area contributed by atoms with Gasteiger partial charge >= 0.3 is 0 Å². The summed E-state index contributed by atoms with van der Waals surface area (Å²) in [6.45, 7) is 6.82. The number of benzene rings is 1. The van der Waals surface area contributed by atoms with Crippen LogP contribution >= 0.6 is 0 Å². The summed E-state index contributed by atoms with van der Waals surface area (Å²) in [4.78, 5) is 11.2. The van der Waals surface area contributed by atoms with Crippen molar-refractivity contribution in [3.05, 3.63) is 52.6 Å². The lowest BCUT2D eigenvalue weighted by Gasteiger charge is -2.32. The normalized spacial score (nSPS) is 18.6. The second kappa shape index (κ2) is 5.66. The van der Waals surface area contributed by atoms with Gasteiger partial charge in [0.1, 0.15) is 0 Å². The largest absolute Gasteiger partial charge is 0.366 e. The smallest absolute Gasteiger partial charge is 0.248 e. The zero-order valence-corrected chi connectivity index (χ0v) is 12.6. The van der Waals surface area contributed by atoms with Crippen LogP contribution < -0.4 is 5.73 Å². The monoisotopic (exact) mass is 269 g/mol. The Morgan fingerprint density at radius 3 is 2.70 bits per heavy atom. The Morgan fingerprint density at radius 2 is 2.05 bits per heavy atom. The van der Waals surface area contributed by atoms with Crippen LogP contribution in [0.25, 0.3) is 6.08 Å². The molecule has 2 rings (SSSR count). The summed E-state index contributed by atoms with van der Waals surface area (Å²) in [5.41, 5.74) is 10.0. The molecule has 0 saturated heterocycles. The van der Waals surface area contributed by atoms with Crippen molar-refractivity contribution in [2.24, 2.45) is 11.1 Å². The predicted octanol–water partition coefficient (Wildman–Crippen LogP) is 4.33. The van der Waals surface area contributed by atoms with E-state index in [4.69, 9.17) is 5.73 Å². The number of nitrogens with two attached hydrogens (primary N) is 1.